The Balaban J connectivity index is 1.43. The molecule has 0 aromatic heterocycles. The molecule has 3 rings (SSSR count). The van der Waals surface area contributed by atoms with Gasteiger partial charge in [-0.15, -0.1) is 0 Å². The lowest BCUT2D eigenvalue weighted by atomic mass is 9.87. The van der Waals surface area contributed by atoms with Crippen molar-refractivity contribution in [1.29, 1.82) is 0 Å². The number of rotatable bonds is 5. The molecule has 3 N–H and O–H groups in total. The number of urea groups is 1. The lowest BCUT2D eigenvalue weighted by Gasteiger charge is -2.30. The van der Waals surface area contributed by atoms with E-state index in [4.69, 9.17) is 0 Å². The molecule has 2 aromatic carbocycles. The molecule has 0 radical (unpaired) electrons. The number of halogens is 1. The van der Waals surface area contributed by atoms with Gasteiger partial charge in [0.1, 0.15) is 5.82 Å². The van der Waals surface area contributed by atoms with Gasteiger partial charge in [-0.1, -0.05) is 30.3 Å². The highest BCUT2D eigenvalue weighted by molar-refractivity contribution is 5.89. The average Bonchev–Trinajstić information content (AvgIpc) is 2.63. The molecule has 1 heterocycles. The number of benzene rings is 2. The van der Waals surface area contributed by atoms with Crippen LogP contribution in [0.3, 0.4) is 0 Å². The Morgan fingerprint density at radius 1 is 1.12 bits per heavy atom. The van der Waals surface area contributed by atoms with Crippen LogP contribution in [0.1, 0.15) is 18.4 Å². The molecule has 0 saturated carbocycles. The Bertz CT molecular complexity index is 675. The van der Waals surface area contributed by atoms with E-state index >= 15 is 0 Å². The van der Waals surface area contributed by atoms with Gasteiger partial charge in [-0.3, -0.25) is 0 Å². The molecule has 5 heteroatoms. The smallest absolute Gasteiger partial charge is 0.319 e. The van der Waals surface area contributed by atoms with Crippen molar-refractivity contribution in [3.63, 3.8) is 0 Å². The molecule has 0 bridgehead atoms. The predicted octanol–water partition coefficient (Wildman–Crippen LogP) is 3.56. The Morgan fingerprint density at radius 2 is 1.88 bits per heavy atom. The summed E-state index contributed by atoms with van der Waals surface area (Å²) in [6, 6.07) is 16.2. The van der Waals surface area contributed by atoms with Crippen LogP contribution < -0.4 is 16.0 Å². The van der Waals surface area contributed by atoms with E-state index in [0.29, 0.717) is 12.5 Å². The zero-order chi connectivity index (χ0) is 17.5. The van der Waals surface area contributed by atoms with Gasteiger partial charge < -0.3 is 16.0 Å². The molecule has 2 atom stereocenters. The molecule has 0 unspecified atom stereocenters. The lowest BCUT2D eigenvalue weighted by Crippen LogP contribution is -2.47. The predicted molar refractivity (Wildman–Crippen MR) is 98.1 cm³/mol. The number of piperidine rings is 1. The SMILES string of the molecule is O=C(NC[C@@H]1C[C@H](Cc2ccc(F)cc2)CCN1)Nc1ccccc1. The van der Waals surface area contributed by atoms with Crippen molar-refractivity contribution in [2.45, 2.75) is 25.3 Å². The van der Waals surface area contributed by atoms with Crippen LogP contribution >= 0.6 is 0 Å². The van der Waals surface area contributed by atoms with Crippen LogP contribution in [0.15, 0.2) is 54.6 Å². The highest BCUT2D eigenvalue weighted by Crippen LogP contribution is 2.21. The molecule has 132 valence electrons. The second-order valence-electron chi connectivity index (χ2n) is 6.57. The van der Waals surface area contributed by atoms with Crippen molar-refractivity contribution >= 4 is 11.7 Å². The maximum atomic E-state index is 13.0. The standard InChI is InChI=1S/C20H24FN3O/c21-17-8-6-15(7-9-17)12-16-10-11-22-19(13-16)14-23-20(25)24-18-4-2-1-3-5-18/h1-9,16,19,22H,10-14H2,(H2,23,24,25)/t16-,19-/m0/s1. The highest BCUT2D eigenvalue weighted by Gasteiger charge is 2.22. The summed E-state index contributed by atoms with van der Waals surface area (Å²) in [5, 5.41) is 9.22. The fraction of sp³-hybridized carbons (Fsp3) is 0.350. The maximum Gasteiger partial charge on any atom is 0.319 e. The quantitative estimate of drug-likeness (QED) is 0.779. The van der Waals surface area contributed by atoms with E-state index in [9.17, 15) is 9.18 Å². The van der Waals surface area contributed by atoms with Crippen LogP contribution in [-0.2, 0) is 6.42 Å². The number of nitrogens with one attached hydrogen (secondary N) is 3. The summed E-state index contributed by atoms with van der Waals surface area (Å²) < 4.78 is 13.0. The number of hydrogen-bond acceptors (Lipinski definition) is 2. The van der Waals surface area contributed by atoms with Crippen LogP contribution in [0.4, 0.5) is 14.9 Å². The Hall–Kier alpha value is -2.40. The van der Waals surface area contributed by atoms with Crippen molar-refractivity contribution in [1.82, 2.24) is 10.6 Å². The Morgan fingerprint density at radius 3 is 2.64 bits per heavy atom. The molecule has 2 aromatic rings. The number of amides is 2. The summed E-state index contributed by atoms with van der Waals surface area (Å²) in [6.45, 7) is 1.54. The first-order chi connectivity index (χ1) is 12.2. The van der Waals surface area contributed by atoms with Crippen LogP contribution in [0.25, 0.3) is 0 Å². The van der Waals surface area contributed by atoms with Crippen molar-refractivity contribution in [3.8, 4) is 0 Å². The van der Waals surface area contributed by atoms with E-state index < -0.39 is 0 Å². The minimum Gasteiger partial charge on any atom is -0.336 e. The van der Waals surface area contributed by atoms with Crippen LogP contribution in [-0.4, -0.2) is 25.2 Å². The lowest BCUT2D eigenvalue weighted by molar-refractivity contribution is 0.246. The number of hydrogen-bond donors (Lipinski definition) is 3. The summed E-state index contributed by atoms with van der Waals surface area (Å²) in [6.07, 6.45) is 3.06. The third kappa shape index (κ3) is 5.57. The summed E-state index contributed by atoms with van der Waals surface area (Å²) in [7, 11) is 0. The molecule has 25 heavy (non-hydrogen) atoms. The fourth-order valence-corrected chi connectivity index (χ4v) is 3.30. The monoisotopic (exact) mass is 341 g/mol. The van der Waals surface area contributed by atoms with E-state index in [1.165, 1.54) is 17.7 Å². The second kappa shape index (κ2) is 8.62. The van der Waals surface area contributed by atoms with E-state index in [2.05, 4.69) is 16.0 Å². The van der Waals surface area contributed by atoms with E-state index in [1.807, 2.05) is 42.5 Å². The Kier molecular flexibility index (Phi) is 6.01. The maximum absolute atomic E-state index is 13.0. The number of carbonyl (C=O) groups excluding carboxylic acids is 1. The minimum atomic E-state index is -0.194. The topological polar surface area (TPSA) is 53.2 Å². The molecule has 0 spiro atoms. The van der Waals surface area contributed by atoms with Crippen LogP contribution in [0.2, 0.25) is 0 Å². The molecule has 1 aliphatic rings. The molecule has 0 aliphatic carbocycles. The third-order valence-electron chi connectivity index (χ3n) is 4.58. The van der Waals surface area contributed by atoms with Crippen LogP contribution in [0.5, 0.6) is 0 Å². The zero-order valence-electron chi connectivity index (χ0n) is 14.2. The van der Waals surface area contributed by atoms with Crippen molar-refractivity contribution in [2.24, 2.45) is 5.92 Å². The Labute approximate surface area is 147 Å². The highest BCUT2D eigenvalue weighted by atomic mass is 19.1. The van der Waals surface area contributed by atoms with Crippen LogP contribution in [0, 0.1) is 11.7 Å². The summed E-state index contributed by atoms with van der Waals surface area (Å²) in [4.78, 5) is 12.0. The van der Waals surface area contributed by atoms with E-state index in [1.54, 1.807) is 0 Å². The fourth-order valence-electron chi connectivity index (χ4n) is 3.30. The number of anilines is 1. The molecule has 1 aliphatic heterocycles. The zero-order valence-corrected chi connectivity index (χ0v) is 14.2. The van der Waals surface area contributed by atoms with Gasteiger partial charge in [-0.2, -0.15) is 0 Å². The van der Waals surface area contributed by atoms with Crippen molar-refractivity contribution in [2.75, 3.05) is 18.4 Å². The molecule has 2 amide bonds. The molecule has 1 saturated heterocycles. The van der Waals surface area contributed by atoms with Gasteiger partial charge in [0, 0.05) is 18.3 Å². The normalized spacial score (nSPS) is 20.0. The number of para-hydroxylation sites is 1. The third-order valence-corrected chi connectivity index (χ3v) is 4.58. The summed E-state index contributed by atoms with van der Waals surface area (Å²) >= 11 is 0. The number of carbonyl (C=O) groups is 1. The molecular weight excluding hydrogens is 317 g/mol. The first-order valence-electron chi connectivity index (χ1n) is 8.77. The second-order valence-corrected chi connectivity index (χ2v) is 6.57. The van der Waals surface area contributed by atoms with Gasteiger partial charge in [0.25, 0.3) is 0 Å². The van der Waals surface area contributed by atoms with Crippen molar-refractivity contribution in [3.05, 3.63) is 66.0 Å². The molecule has 4 nitrogen and oxygen atoms in total. The van der Waals surface area contributed by atoms with E-state index in [0.717, 1.165) is 31.5 Å². The first-order valence-corrected chi connectivity index (χ1v) is 8.77. The van der Waals surface area contributed by atoms with Gasteiger partial charge in [0.15, 0.2) is 0 Å². The van der Waals surface area contributed by atoms with Gasteiger partial charge in [0.2, 0.25) is 0 Å². The molecular formula is C20H24FN3O. The largest absolute Gasteiger partial charge is 0.336 e. The minimum absolute atomic E-state index is 0.186. The van der Waals surface area contributed by atoms with Gasteiger partial charge in [0.05, 0.1) is 0 Å². The van der Waals surface area contributed by atoms with Gasteiger partial charge in [-0.05, 0) is 61.6 Å². The van der Waals surface area contributed by atoms with Gasteiger partial charge in [-0.25, -0.2) is 9.18 Å². The van der Waals surface area contributed by atoms with E-state index in [-0.39, 0.29) is 17.9 Å². The summed E-state index contributed by atoms with van der Waals surface area (Å²) in [5.41, 5.74) is 1.95. The summed E-state index contributed by atoms with van der Waals surface area (Å²) in [5.74, 6) is 0.358. The first kappa shape index (κ1) is 17.4. The van der Waals surface area contributed by atoms with Gasteiger partial charge >= 0.3 is 6.03 Å². The molecule has 1 fully saturated rings. The van der Waals surface area contributed by atoms with Crippen molar-refractivity contribution < 1.29 is 9.18 Å². The average molecular weight is 341 g/mol.